The molecule has 0 spiro atoms. The molecule has 43 heavy (non-hydrogen) atoms. The second-order valence-electron chi connectivity index (χ2n) is 8.53. The first-order chi connectivity index (χ1) is 20.5. The van der Waals surface area contributed by atoms with Gasteiger partial charge in [0.2, 0.25) is 6.41 Å². The third kappa shape index (κ3) is 16.9. The summed E-state index contributed by atoms with van der Waals surface area (Å²) in [5.74, 6) is -0.116. The van der Waals surface area contributed by atoms with Crippen LogP contribution in [0.3, 0.4) is 0 Å². The number of halogens is 4. The van der Waals surface area contributed by atoms with Crippen LogP contribution in [0.25, 0.3) is 0 Å². The Morgan fingerprint density at radius 3 is 2.16 bits per heavy atom. The number of carbonyl (C=O) groups excluding carboxylic acids is 1. The van der Waals surface area contributed by atoms with Crippen LogP contribution in [-0.4, -0.2) is 24.8 Å². The van der Waals surface area contributed by atoms with Gasteiger partial charge in [0.15, 0.2) is 0 Å². The zero-order chi connectivity index (χ0) is 33.4. The maximum Gasteiger partial charge on any atom is 0.418 e. The van der Waals surface area contributed by atoms with Crippen LogP contribution in [0.15, 0.2) is 77.7 Å². The molecule has 0 saturated carbocycles. The smallest absolute Gasteiger partial charge is 0.335 e. The summed E-state index contributed by atoms with van der Waals surface area (Å²) in [7, 11) is 1.47. The summed E-state index contributed by atoms with van der Waals surface area (Å²) in [6.07, 6.45) is 3.76. The summed E-state index contributed by atoms with van der Waals surface area (Å²) >= 11 is 0. The van der Waals surface area contributed by atoms with Crippen LogP contribution in [0.1, 0.15) is 77.6 Å². The molecule has 5 nitrogen and oxygen atoms in total. The van der Waals surface area contributed by atoms with Gasteiger partial charge >= 0.3 is 6.18 Å². The van der Waals surface area contributed by atoms with Crippen LogP contribution in [0.5, 0.6) is 0 Å². The van der Waals surface area contributed by atoms with Gasteiger partial charge in [-0.05, 0) is 75.1 Å². The van der Waals surface area contributed by atoms with E-state index >= 15 is 0 Å². The fourth-order valence-corrected chi connectivity index (χ4v) is 3.29. The lowest BCUT2D eigenvalue weighted by atomic mass is 10.0. The first-order valence-corrected chi connectivity index (χ1v) is 14.5. The predicted octanol–water partition coefficient (Wildman–Crippen LogP) is 10.1. The number of rotatable bonds is 8. The molecule has 0 atom stereocenters. The molecular weight excluding hydrogens is 556 g/mol. The number of aryl methyl sites for hydroxylation is 3. The summed E-state index contributed by atoms with van der Waals surface area (Å²) in [6, 6.07) is 12.7. The Bertz CT molecular complexity index is 1220. The number of aromatic nitrogens is 1. The standard InChI is InChI=1S/C14H16F3N3O.C14H14FN.3C2H6/c1-10(2)7-18-8-20(3)13-5-4-11(19-9-21)6-12(13)14(15,16)17;1-11-4-7-14(15)13(9-11)6-5-12-3-2-8-16-10-12;3*1-2/h4-9H,1-3H3,(H,19,21);2-4,7-10H,5-6H2,1H3;3*1-2H3. The van der Waals surface area contributed by atoms with Crippen molar-refractivity contribution in [2.45, 2.75) is 81.3 Å². The molecule has 0 aliphatic heterocycles. The SMILES string of the molecule is CC.CC.CC.CC(C)=CN=CN(C)c1ccc(NC=O)cc1C(F)(F)F.Cc1ccc(F)c(CCc2cccnc2)c1. The quantitative estimate of drug-likeness (QED) is 0.120. The number of aliphatic imine (C=N–C) groups is 1. The lowest BCUT2D eigenvalue weighted by Gasteiger charge is -2.20. The van der Waals surface area contributed by atoms with E-state index in [9.17, 15) is 22.4 Å². The topological polar surface area (TPSA) is 57.6 Å². The minimum atomic E-state index is -4.53. The monoisotopic (exact) mass is 604 g/mol. The average Bonchev–Trinajstić information content (AvgIpc) is 3.01. The van der Waals surface area contributed by atoms with Crippen LogP contribution in [-0.2, 0) is 23.8 Å². The molecule has 0 aliphatic rings. The van der Waals surface area contributed by atoms with Gasteiger partial charge in [0, 0.05) is 31.3 Å². The average molecular weight is 605 g/mol. The summed E-state index contributed by atoms with van der Waals surface area (Å²) in [5.41, 5.74) is 3.14. The van der Waals surface area contributed by atoms with Crippen LogP contribution >= 0.6 is 0 Å². The molecule has 9 heteroatoms. The van der Waals surface area contributed by atoms with E-state index in [1.54, 1.807) is 18.5 Å². The summed E-state index contributed by atoms with van der Waals surface area (Å²) in [4.78, 5) is 19.6. The van der Waals surface area contributed by atoms with E-state index in [0.717, 1.165) is 41.2 Å². The lowest BCUT2D eigenvalue weighted by molar-refractivity contribution is -0.137. The minimum Gasteiger partial charge on any atom is -0.335 e. The predicted molar refractivity (Wildman–Crippen MR) is 174 cm³/mol. The molecule has 3 aromatic rings. The maximum absolute atomic E-state index is 13.5. The Morgan fingerprint density at radius 2 is 1.63 bits per heavy atom. The summed E-state index contributed by atoms with van der Waals surface area (Å²) in [5, 5.41) is 2.20. The van der Waals surface area contributed by atoms with E-state index in [0.29, 0.717) is 6.41 Å². The molecule has 1 amide bonds. The Morgan fingerprint density at radius 1 is 0.977 bits per heavy atom. The summed E-state index contributed by atoms with van der Waals surface area (Å²) in [6.45, 7) is 17.6. The number of pyridine rings is 1. The molecule has 0 aliphatic carbocycles. The van der Waals surface area contributed by atoms with Crippen molar-refractivity contribution in [2.75, 3.05) is 17.3 Å². The Labute approximate surface area is 255 Å². The molecule has 1 N–H and O–H groups in total. The van der Waals surface area contributed by atoms with Crippen molar-refractivity contribution >= 4 is 24.1 Å². The molecule has 2 aromatic carbocycles. The maximum atomic E-state index is 13.5. The van der Waals surface area contributed by atoms with E-state index in [1.165, 1.54) is 36.5 Å². The molecular formula is C34H48F4N4O. The number of amides is 1. The number of nitrogens with one attached hydrogen (secondary N) is 1. The van der Waals surface area contributed by atoms with Gasteiger partial charge in [-0.1, -0.05) is 70.9 Å². The fourth-order valence-electron chi connectivity index (χ4n) is 3.29. The Balaban J connectivity index is 0. The van der Waals surface area contributed by atoms with Gasteiger partial charge in [-0.15, -0.1) is 0 Å². The van der Waals surface area contributed by atoms with Crippen molar-refractivity contribution in [3.05, 3.63) is 101 Å². The van der Waals surface area contributed by atoms with Gasteiger partial charge in [0.1, 0.15) is 5.82 Å². The molecule has 0 radical (unpaired) electrons. The molecule has 1 aromatic heterocycles. The van der Waals surface area contributed by atoms with Gasteiger partial charge in [0.25, 0.3) is 0 Å². The number of hydrogen-bond acceptors (Lipinski definition) is 3. The first kappa shape index (κ1) is 41.1. The van der Waals surface area contributed by atoms with Crippen molar-refractivity contribution in [3.8, 4) is 0 Å². The number of hydrogen-bond donors (Lipinski definition) is 1. The van der Waals surface area contributed by atoms with E-state index in [-0.39, 0.29) is 17.2 Å². The molecule has 0 saturated heterocycles. The number of allylic oxidation sites excluding steroid dienone is 1. The highest BCUT2D eigenvalue weighted by molar-refractivity contribution is 5.82. The summed E-state index contributed by atoms with van der Waals surface area (Å²) < 4.78 is 52.7. The van der Waals surface area contributed by atoms with Crippen LogP contribution < -0.4 is 10.2 Å². The van der Waals surface area contributed by atoms with Gasteiger partial charge in [0.05, 0.1) is 17.6 Å². The number of nitrogens with zero attached hydrogens (tertiary/aromatic N) is 3. The van der Waals surface area contributed by atoms with E-state index in [2.05, 4.69) is 15.3 Å². The molecule has 238 valence electrons. The van der Waals surface area contributed by atoms with Gasteiger partial charge in [-0.2, -0.15) is 13.2 Å². The molecule has 0 bridgehead atoms. The Hall–Kier alpha value is -4.01. The molecule has 1 heterocycles. The highest BCUT2D eigenvalue weighted by Crippen LogP contribution is 2.37. The van der Waals surface area contributed by atoms with Crippen LogP contribution in [0, 0.1) is 12.7 Å². The highest BCUT2D eigenvalue weighted by Gasteiger charge is 2.34. The number of carbonyl (C=O) groups is 1. The van der Waals surface area contributed by atoms with E-state index < -0.39 is 11.7 Å². The molecule has 3 rings (SSSR count). The fraction of sp³-hybridized carbons (Fsp3) is 0.382. The van der Waals surface area contributed by atoms with Crippen LogP contribution in [0.2, 0.25) is 0 Å². The van der Waals surface area contributed by atoms with Gasteiger partial charge in [-0.3, -0.25) is 9.78 Å². The number of alkyl halides is 3. The molecule has 0 fully saturated rings. The first-order valence-electron chi connectivity index (χ1n) is 14.5. The van der Waals surface area contributed by atoms with Gasteiger partial charge in [-0.25, -0.2) is 9.38 Å². The second kappa shape index (κ2) is 23.5. The van der Waals surface area contributed by atoms with Crippen molar-refractivity contribution in [3.63, 3.8) is 0 Å². The second-order valence-corrected chi connectivity index (χ2v) is 8.53. The number of anilines is 2. The van der Waals surface area contributed by atoms with Crippen molar-refractivity contribution in [1.82, 2.24) is 4.98 Å². The molecule has 0 unspecified atom stereocenters. The number of benzene rings is 2. The van der Waals surface area contributed by atoms with Crippen LogP contribution in [0.4, 0.5) is 28.9 Å². The Kier molecular flexibility index (Phi) is 22.5. The normalized spacial score (nSPS) is 9.81. The van der Waals surface area contributed by atoms with Gasteiger partial charge < -0.3 is 10.2 Å². The highest BCUT2D eigenvalue weighted by atomic mass is 19.4. The lowest BCUT2D eigenvalue weighted by Crippen LogP contribution is -2.19. The minimum absolute atomic E-state index is 0.0511. The zero-order valence-electron chi connectivity index (χ0n) is 27.2. The zero-order valence-corrected chi connectivity index (χ0v) is 27.2. The van der Waals surface area contributed by atoms with Crippen molar-refractivity contribution in [1.29, 1.82) is 0 Å². The van der Waals surface area contributed by atoms with Crippen molar-refractivity contribution < 1.29 is 22.4 Å². The van der Waals surface area contributed by atoms with E-state index in [1.807, 2.05) is 86.7 Å². The third-order valence-corrected chi connectivity index (χ3v) is 5.09. The largest absolute Gasteiger partial charge is 0.418 e. The van der Waals surface area contributed by atoms with E-state index in [4.69, 9.17) is 0 Å². The van der Waals surface area contributed by atoms with Crippen molar-refractivity contribution in [2.24, 2.45) is 4.99 Å². The third-order valence-electron chi connectivity index (χ3n) is 5.09.